The van der Waals surface area contributed by atoms with E-state index in [0.29, 0.717) is 17.3 Å². The topological polar surface area (TPSA) is 96.1 Å². The summed E-state index contributed by atoms with van der Waals surface area (Å²) in [6.07, 6.45) is 0.374. The first-order chi connectivity index (χ1) is 10.3. The van der Waals surface area contributed by atoms with Crippen LogP contribution in [-0.2, 0) is 9.84 Å². The number of carbonyl (C=O) groups excluding carboxylic acids is 1. The number of benzene rings is 1. The van der Waals surface area contributed by atoms with E-state index in [4.69, 9.17) is 0 Å². The summed E-state index contributed by atoms with van der Waals surface area (Å²) in [7, 11) is -3.11. The molecule has 1 aliphatic heterocycles. The molecule has 0 radical (unpaired) electrons. The highest BCUT2D eigenvalue weighted by atomic mass is 32.2. The molecule has 1 amide bonds. The Balaban J connectivity index is 1.92. The van der Waals surface area contributed by atoms with E-state index in [9.17, 15) is 18.0 Å². The summed E-state index contributed by atoms with van der Waals surface area (Å²) in [5.74, 6) is -0.482. The summed E-state index contributed by atoms with van der Waals surface area (Å²) < 4.78 is 23.2. The van der Waals surface area contributed by atoms with E-state index >= 15 is 0 Å². The van der Waals surface area contributed by atoms with Crippen LogP contribution in [0.5, 0.6) is 0 Å². The van der Waals surface area contributed by atoms with Crippen LogP contribution in [0.2, 0.25) is 0 Å². The Bertz CT molecular complexity index is 917. The highest BCUT2D eigenvalue weighted by molar-refractivity contribution is 7.91. The predicted molar refractivity (Wildman–Crippen MR) is 83.7 cm³/mol. The van der Waals surface area contributed by atoms with E-state index in [1.54, 1.807) is 31.2 Å². The summed E-state index contributed by atoms with van der Waals surface area (Å²) in [6.45, 7) is 1.70. The van der Waals surface area contributed by atoms with E-state index in [0.717, 1.165) is 0 Å². The maximum Gasteiger partial charge on any atom is 0.268 e. The van der Waals surface area contributed by atoms with Gasteiger partial charge >= 0.3 is 0 Å². The molecular weight excluding hydrogens is 304 g/mol. The number of nitrogens with one attached hydrogen (secondary N) is 2. The minimum absolute atomic E-state index is 0.0675. The van der Waals surface area contributed by atoms with Crippen molar-refractivity contribution in [2.45, 2.75) is 18.9 Å². The van der Waals surface area contributed by atoms with Gasteiger partial charge in [0.1, 0.15) is 5.69 Å². The Hall–Kier alpha value is -2.15. The zero-order valence-corrected chi connectivity index (χ0v) is 12.9. The van der Waals surface area contributed by atoms with E-state index < -0.39 is 21.3 Å². The van der Waals surface area contributed by atoms with Gasteiger partial charge in [-0.05, 0) is 25.5 Å². The van der Waals surface area contributed by atoms with Crippen LogP contribution in [-0.4, -0.2) is 36.4 Å². The first-order valence-corrected chi connectivity index (χ1v) is 8.75. The SMILES string of the molecule is C[C@@]1(NC(=O)c2cc(=O)c3ccccc3[nH]2)CCS(=O)(=O)C1. The molecule has 3 rings (SSSR count). The van der Waals surface area contributed by atoms with Gasteiger partial charge in [0.05, 0.1) is 17.0 Å². The fourth-order valence-corrected chi connectivity index (χ4v) is 4.86. The molecule has 2 N–H and O–H groups in total. The summed E-state index contributed by atoms with van der Waals surface area (Å²) in [4.78, 5) is 27.3. The number of aromatic nitrogens is 1. The minimum atomic E-state index is -3.11. The largest absolute Gasteiger partial charge is 0.350 e. The number of hydrogen-bond acceptors (Lipinski definition) is 4. The fourth-order valence-electron chi connectivity index (χ4n) is 2.77. The smallest absolute Gasteiger partial charge is 0.268 e. The van der Waals surface area contributed by atoms with Crippen molar-refractivity contribution in [2.75, 3.05) is 11.5 Å². The molecule has 0 aliphatic carbocycles. The number of sulfone groups is 1. The quantitative estimate of drug-likeness (QED) is 0.857. The number of rotatable bonds is 2. The Kier molecular flexibility index (Phi) is 3.32. The standard InChI is InChI=1S/C15H16N2O4S/c1-15(6-7-22(20,21)9-15)17-14(19)12-8-13(18)10-4-2-3-5-11(10)16-12/h2-5,8H,6-7,9H2,1H3,(H,16,18)(H,17,19)/t15-/m1/s1. The van der Waals surface area contributed by atoms with Crippen molar-refractivity contribution in [3.63, 3.8) is 0 Å². The summed E-state index contributed by atoms with van der Waals surface area (Å²) in [6, 6.07) is 8.16. The van der Waals surface area contributed by atoms with Gasteiger partial charge in [-0.15, -0.1) is 0 Å². The number of pyridine rings is 1. The van der Waals surface area contributed by atoms with Crippen LogP contribution >= 0.6 is 0 Å². The molecule has 0 bridgehead atoms. The third-order valence-corrected chi connectivity index (χ3v) is 5.80. The molecule has 1 saturated heterocycles. The number of carbonyl (C=O) groups is 1. The number of para-hydroxylation sites is 1. The van der Waals surface area contributed by atoms with Crippen LogP contribution in [0.25, 0.3) is 10.9 Å². The van der Waals surface area contributed by atoms with Crippen molar-refractivity contribution in [1.82, 2.24) is 10.3 Å². The maximum atomic E-state index is 12.3. The first-order valence-electron chi connectivity index (χ1n) is 6.93. The Labute approximate surface area is 127 Å². The van der Waals surface area contributed by atoms with Crippen molar-refractivity contribution in [3.8, 4) is 0 Å². The van der Waals surface area contributed by atoms with Crippen molar-refractivity contribution >= 4 is 26.6 Å². The van der Waals surface area contributed by atoms with Crippen LogP contribution in [0.4, 0.5) is 0 Å². The lowest BCUT2D eigenvalue weighted by Gasteiger charge is -2.23. The average molecular weight is 320 g/mol. The molecule has 2 aromatic rings. The van der Waals surface area contributed by atoms with E-state index in [2.05, 4.69) is 10.3 Å². The molecule has 22 heavy (non-hydrogen) atoms. The van der Waals surface area contributed by atoms with Crippen LogP contribution < -0.4 is 10.7 Å². The molecule has 0 spiro atoms. The number of H-pyrrole nitrogens is 1. The first kappa shape index (κ1) is 14.8. The van der Waals surface area contributed by atoms with Gasteiger partial charge in [0, 0.05) is 17.0 Å². The van der Waals surface area contributed by atoms with Gasteiger partial charge in [0.2, 0.25) is 0 Å². The lowest BCUT2D eigenvalue weighted by molar-refractivity contribution is 0.0910. The summed E-state index contributed by atoms with van der Waals surface area (Å²) >= 11 is 0. The molecule has 0 unspecified atom stereocenters. The second-order valence-electron chi connectivity index (χ2n) is 5.95. The molecule has 1 aliphatic rings. The Morgan fingerprint density at radius 2 is 2.05 bits per heavy atom. The molecule has 7 heteroatoms. The van der Waals surface area contributed by atoms with E-state index in [1.165, 1.54) is 6.07 Å². The lowest BCUT2D eigenvalue weighted by atomic mass is 10.0. The summed E-state index contributed by atoms with van der Waals surface area (Å²) in [5, 5.41) is 3.24. The van der Waals surface area contributed by atoms with E-state index in [1.807, 2.05) is 0 Å². The fraction of sp³-hybridized carbons (Fsp3) is 0.333. The Morgan fingerprint density at radius 3 is 2.73 bits per heavy atom. The highest BCUT2D eigenvalue weighted by Crippen LogP contribution is 2.23. The monoisotopic (exact) mass is 320 g/mol. The van der Waals surface area contributed by atoms with Gasteiger partial charge in [-0.3, -0.25) is 9.59 Å². The minimum Gasteiger partial charge on any atom is -0.350 e. The molecule has 1 fully saturated rings. The molecule has 1 aromatic carbocycles. The van der Waals surface area contributed by atoms with Crippen LogP contribution in [0.3, 0.4) is 0 Å². The number of amides is 1. The molecular formula is C15H16N2O4S. The third kappa shape index (κ3) is 2.76. The van der Waals surface area contributed by atoms with Crippen molar-refractivity contribution in [1.29, 1.82) is 0 Å². The molecule has 6 nitrogen and oxygen atoms in total. The molecule has 116 valence electrons. The van der Waals surface area contributed by atoms with Crippen molar-refractivity contribution in [3.05, 3.63) is 46.2 Å². The van der Waals surface area contributed by atoms with Gasteiger partial charge in [-0.2, -0.15) is 0 Å². The van der Waals surface area contributed by atoms with Gasteiger partial charge in [0.15, 0.2) is 15.3 Å². The highest BCUT2D eigenvalue weighted by Gasteiger charge is 2.39. The normalized spacial score (nSPS) is 23.5. The van der Waals surface area contributed by atoms with Crippen LogP contribution in [0.15, 0.2) is 35.1 Å². The van der Waals surface area contributed by atoms with Crippen molar-refractivity contribution in [2.24, 2.45) is 0 Å². The van der Waals surface area contributed by atoms with Crippen LogP contribution in [0, 0.1) is 0 Å². The number of aromatic amines is 1. The average Bonchev–Trinajstić information content (AvgIpc) is 2.72. The zero-order chi connectivity index (χ0) is 16.0. The zero-order valence-electron chi connectivity index (χ0n) is 12.0. The molecule has 1 atom stereocenters. The van der Waals surface area contributed by atoms with Gasteiger partial charge in [0.25, 0.3) is 5.91 Å². The maximum absolute atomic E-state index is 12.3. The molecule has 2 heterocycles. The Morgan fingerprint density at radius 1 is 1.32 bits per heavy atom. The number of hydrogen-bond donors (Lipinski definition) is 2. The number of fused-ring (bicyclic) bond motifs is 1. The third-order valence-electron chi connectivity index (χ3n) is 3.90. The second kappa shape index (κ2) is 4.95. The van der Waals surface area contributed by atoms with Gasteiger partial charge < -0.3 is 10.3 Å². The van der Waals surface area contributed by atoms with Gasteiger partial charge in [-0.1, -0.05) is 12.1 Å². The van der Waals surface area contributed by atoms with Crippen molar-refractivity contribution < 1.29 is 13.2 Å². The summed E-state index contributed by atoms with van der Waals surface area (Å²) in [5.41, 5.74) is -0.333. The van der Waals surface area contributed by atoms with Gasteiger partial charge in [-0.25, -0.2) is 8.42 Å². The van der Waals surface area contributed by atoms with Crippen LogP contribution in [0.1, 0.15) is 23.8 Å². The second-order valence-corrected chi connectivity index (χ2v) is 8.13. The lowest BCUT2D eigenvalue weighted by Crippen LogP contribution is -2.47. The van der Waals surface area contributed by atoms with E-state index in [-0.39, 0.29) is 22.6 Å². The predicted octanol–water partition coefficient (Wildman–Crippen LogP) is 0.835. The molecule has 1 aromatic heterocycles. The molecule has 0 saturated carbocycles.